The van der Waals surface area contributed by atoms with Gasteiger partial charge in [0.1, 0.15) is 11.9 Å². The Bertz CT molecular complexity index is 558. The molecule has 23 heavy (non-hydrogen) atoms. The van der Waals surface area contributed by atoms with E-state index in [1.807, 2.05) is 12.1 Å². The minimum absolute atomic E-state index is 0.0266. The van der Waals surface area contributed by atoms with E-state index < -0.39 is 0 Å². The second-order valence-electron chi connectivity index (χ2n) is 6.85. The van der Waals surface area contributed by atoms with Crippen molar-refractivity contribution in [3.63, 3.8) is 0 Å². The molecular weight excluding hydrogens is 288 g/mol. The average Bonchev–Trinajstić information content (AvgIpc) is 2.92. The van der Waals surface area contributed by atoms with Crippen LogP contribution in [0.25, 0.3) is 0 Å². The Morgan fingerprint density at radius 3 is 3.09 bits per heavy atom. The number of nitrogens with one attached hydrogen (secondary N) is 1. The van der Waals surface area contributed by atoms with E-state index in [0.717, 1.165) is 50.2 Å². The van der Waals surface area contributed by atoms with E-state index in [9.17, 15) is 4.79 Å². The number of hydrogen-bond acceptors (Lipinski definition) is 3. The second-order valence-corrected chi connectivity index (χ2v) is 6.85. The highest BCUT2D eigenvalue weighted by Gasteiger charge is 2.28. The van der Waals surface area contributed by atoms with Gasteiger partial charge < -0.3 is 10.1 Å². The molecule has 1 saturated heterocycles. The summed E-state index contributed by atoms with van der Waals surface area (Å²) in [6.45, 7) is 6.36. The summed E-state index contributed by atoms with van der Waals surface area (Å²) >= 11 is 0. The van der Waals surface area contributed by atoms with Gasteiger partial charge in [-0.1, -0.05) is 19.8 Å². The summed E-state index contributed by atoms with van der Waals surface area (Å²) in [4.78, 5) is 15.1. The van der Waals surface area contributed by atoms with Crippen molar-refractivity contribution in [2.24, 2.45) is 0 Å². The molecule has 2 unspecified atom stereocenters. The third-order valence-corrected chi connectivity index (χ3v) is 4.88. The van der Waals surface area contributed by atoms with Gasteiger partial charge in [-0.05, 0) is 63.0 Å². The molecule has 1 amide bonds. The normalized spacial score (nSPS) is 24.1. The van der Waals surface area contributed by atoms with Crippen LogP contribution in [0, 0.1) is 0 Å². The Balaban J connectivity index is 1.65. The Morgan fingerprint density at radius 1 is 1.39 bits per heavy atom. The quantitative estimate of drug-likeness (QED) is 0.902. The Morgan fingerprint density at radius 2 is 2.26 bits per heavy atom. The van der Waals surface area contributed by atoms with Gasteiger partial charge in [0.15, 0.2) is 0 Å². The summed E-state index contributed by atoms with van der Waals surface area (Å²) < 4.78 is 5.72. The van der Waals surface area contributed by atoms with Gasteiger partial charge in [-0.15, -0.1) is 0 Å². The van der Waals surface area contributed by atoms with E-state index in [0.29, 0.717) is 0 Å². The number of carbonyl (C=O) groups excluding carboxylic acids is 1. The lowest BCUT2D eigenvalue weighted by molar-refractivity contribution is -0.122. The minimum atomic E-state index is 0.0266. The van der Waals surface area contributed by atoms with Gasteiger partial charge in [-0.25, -0.2) is 0 Å². The largest absolute Gasteiger partial charge is 0.490 e. The molecule has 1 fully saturated rings. The van der Waals surface area contributed by atoms with Crippen molar-refractivity contribution >= 4 is 11.6 Å². The molecule has 2 atom stereocenters. The summed E-state index contributed by atoms with van der Waals surface area (Å²) in [5.74, 6) is 1.10. The summed E-state index contributed by atoms with van der Waals surface area (Å²) in [6.07, 6.45) is 6.83. The molecule has 1 N–H and O–H groups in total. The van der Waals surface area contributed by atoms with Crippen molar-refractivity contribution in [3.05, 3.63) is 23.8 Å². The van der Waals surface area contributed by atoms with Crippen LogP contribution in [-0.4, -0.2) is 36.0 Å². The molecule has 0 bridgehead atoms. The first-order valence-corrected chi connectivity index (χ1v) is 9.02. The zero-order valence-electron chi connectivity index (χ0n) is 14.3. The monoisotopic (exact) mass is 316 g/mol. The van der Waals surface area contributed by atoms with Crippen LogP contribution in [0.3, 0.4) is 0 Å². The Labute approximate surface area is 139 Å². The summed E-state index contributed by atoms with van der Waals surface area (Å²) in [5, 5.41) is 3.13. The van der Waals surface area contributed by atoms with Gasteiger partial charge >= 0.3 is 0 Å². The lowest BCUT2D eigenvalue weighted by atomic mass is 10.0. The zero-order valence-corrected chi connectivity index (χ0v) is 14.3. The van der Waals surface area contributed by atoms with E-state index in [1.165, 1.54) is 18.4 Å². The number of nitrogens with zero attached hydrogens (tertiary/aromatic N) is 1. The molecule has 0 aliphatic carbocycles. The smallest absolute Gasteiger partial charge is 0.241 e. The second kappa shape index (κ2) is 7.35. The zero-order chi connectivity index (χ0) is 16.2. The summed E-state index contributed by atoms with van der Waals surface area (Å²) in [6, 6.07) is 6.02. The van der Waals surface area contributed by atoms with Crippen LogP contribution in [0.5, 0.6) is 5.75 Å². The van der Waals surface area contributed by atoms with Crippen molar-refractivity contribution in [1.29, 1.82) is 0 Å². The number of carbonyl (C=O) groups is 1. The molecule has 2 aliphatic heterocycles. The first-order chi connectivity index (χ1) is 11.2. The third-order valence-electron chi connectivity index (χ3n) is 4.88. The van der Waals surface area contributed by atoms with E-state index in [1.54, 1.807) is 0 Å². The number of amides is 1. The molecule has 126 valence electrons. The predicted molar refractivity (Wildman–Crippen MR) is 93.0 cm³/mol. The van der Waals surface area contributed by atoms with Crippen molar-refractivity contribution in [3.8, 4) is 5.75 Å². The van der Waals surface area contributed by atoms with Crippen molar-refractivity contribution < 1.29 is 9.53 Å². The first kappa shape index (κ1) is 16.3. The standard InChI is InChI=1S/C19H28N2O2/c1-3-4-10-21-11-6-5-7-17(21)19(22)20-16-8-9-18-15(13-16)12-14(2)23-18/h8-9,13-14,17H,3-7,10-12H2,1-2H3,(H,20,22). The molecule has 0 radical (unpaired) electrons. The summed E-state index contributed by atoms with van der Waals surface area (Å²) in [5.41, 5.74) is 2.09. The third kappa shape index (κ3) is 3.86. The molecule has 0 aromatic heterocycles. The maximum atomic E-state index is 12.7. The van der Waals surface area contributed by atoms with Crippen LogP contribution in [0.4, 0.5) is 5.69 Å². The van der Waals surface area contributed by atoms with E-state index >= 15 is 0 Å². The molecular formula is C19H28N2O2. The molecule has 3 rings (SSSR count). The number of anilines is 1. The van der Waals surface area contributed by atoms with Gasteiger partial charge in [-0.2, -0.15) is 0 Å². The van der Waals surface area contributed by atoms with Gasteiger partial charge in [0.05, 0.1) is 6.04 Å². The Kier molecular flexibility index (Phi) is 5.21. The van der Waals surface area contributed by atoms with Crippen LogP contribution in [0.2, 0.25) is 0 Å². The maximum Gasteiger partial charge on any atom is 0.241 e. The first-order valence-electron chi connectivity index (χ1n) is 9.02. The number of hydrogen-bond donors (Lipinski definition) is 1. The van der Waals surface area contributed by atoms with Crippen LogP contribution in [0.15, 0.2) is 18.2 Å². The topological polar surface area (TPSA) is 41.6 Å². The highest BCUT2D eigenvalue weighted by molar-refractivity contribution is 5.95. The molecule has 1 aromatic carbocycles. The highest BCUT2D eigenvalue weighted by Crippen LogP contribution is 2.31. The number of ether oxygens (including phenoxy) is 1. The van der Waals surface area contributed by atoms with Crippen LogP contribution in [-0.2, 0) is 11.2 Å². The number of rotatable bonds is 5. The molecule has 4 heteroatoms. The minimum Gasteiger partial charge on any atom is -0.490 e. The van der Waals surface area contributed by atoms with Crippen LogP contribution >= 0.6 is 0 Å². The molecule has 2 aliphatic rings. The fraction of sp³-hybridized carbons (Fsp3) is 0.632. The van der Waals surface area contributed by atoms with Crippen molar-refractivity contribution in [2.75, 3.05) is 18.4 Å². The molecule has 0 saturated carbocycles. The Hall–Kier alpha value is -1.55. The predicted octanol–water partition coefficient (Wildman–Crippen LogP) is 3.60. The number of piperidine rings is 1. The summed E-state index contributed by atoms with van der Waals surface area (Å²) in [7, 11) is 0. The van der Waals surface area contributed by atoms with Gasteiger partial charge in [0.25, 0.3) is 0 Å². The van der Waals surface area contributed by atoms with Gasteiger partial charge in [0.2, 0.25) is 5.91 Å². The lowest BCUT2D eigenvalue weighted by Gasteiger charge is -2.34. The molecule has 4 nitrogen and oxygen atoms in total. The number of benzene rings is 1. The molecule has 0 spiro atoms. The fourth-order valence-electron chi connectivity index (χ4n) is 3.64. The van der Waals surface area contributed by atoms with Gasteiger partial charge in [0, 0.05) is 12.1 Å². The number of unbranched alkanes of at least 4 members (excludes halogenated alkanes) is 1. The SMILES string of the molecule is CCCCN1CCCCC1C(=O)Nc1ccc2c(c1)CC(C)O2. The lowest BCUT2D eigenvalue weighted by Crippen LogP contribution is -2.47. The van der Waals surface area contributed by atoms with Crippen molar-refractivity contribution in [1.82, 2.24) is 4.90 Å². The van der Waals surface area contributed by atoms with Crippen molar-refractivity contribution in [2.45, 2.75) is 64.5 Å². The fourth-order valence-corrected chi connectivity index (χ4v) is 3.64. The van der Waals surface area contributed by atoms with E-state index in [2.05, 4.69) is 30.1 Å². The van der Waals surface area contributed by atoms with E-state index in [4.69, 9.17) is 4.74 Å². The van der Waals surface area contributed by atoms with Crippen LogP contribution < -0.4 is 10.1 Å². The number of likely N-dealkylation sites (tertiary alicyclic amines) is 1. The van der Waals surface area contributed by atoms with Gasteiger partial charge in [-0.3, -0.25) is 9.69 Å². The van der Waals surface area contributed by atoms with Crippen LogP contribution in [0.1, 0.15) is 51.5 Å². The maximum absolute atomic E-state index is 12.7. The molecule has 1 aromatic rings. The highest BCUT2D eigenvalue weighted by atomic mass is 16.5. The van der Waals surface area contributed by atoms with E-state index in [-0.39, 0.29) is 18.1 Å². The molecule has 2 heterocycles. The average molecular weight is 316 g/mol. The number of fused-ring (bicyclic) bond motifs is 1.